The molecule has 3 heterocycles. The zero-order valence-electron chi connectivity index (χ0n) is 14.2. The van der Waals surface area contributed by atoms with Crippen LogP contribution in [0.25, 0.3) is 11.4 Å². The van der Waals surface area contributed by atoms with E-state index in [1.54, 1.807) is 11.3 Å². The molecule has 1 unspecified atom stereocenters. The highest BCUT2D eigenvalue weighted by Crippen LogP contribution is 2.33. The third kappa shape index (κ3) is 3.27. The maximum Gasteiger partial charge on any atom is 0.254 e. The van der Waals surface area contributed by atoms with E-state index in [4.69, 9.17) is 0 Å². The lowest BCUT2D eigenvalue weighted by Crippen LogP contribution is -2.39. The van der Waals surface area contributed by atoms with Crippen LogP contribution in [0, 0.1) is 5.92 Å². The van der Waals surface area contributed by atoms with Crippen molar-refractivity contribution in [1.82, 2.24) is 20.1 Å². The number of H-pyrrole nitrogens is 1. The summed E-state index contributed by atoms with van der Waals surface area (Å²) < 4.78 is 0. The number of rotatable bonds is 4. The molecule has 1 saturated heterocycles. The number of benzene rings is 1. The number of likely N-dealkylation sites (tertiary alicyclic amines) is 1. The molecule has 134 valence electrons. The highest BCUT2D eigenvalue weighted by molar-refractivity contribution is 7.10. The number of piperidine rings is 1. The number of carbonyl (C=O) groups excluding carboxylic acids is 1. The molecule has 2 N–H and O–H groups in total. The first-order chi connectivity index (χ1) is 12.7. The summed E-state index contributed by atoms with van der Waals surface area (Å²) in [6.07, 6.45) is 2.60. The van der Waals surface area contributed by atoms with Crippen molar-refractivity contribution in [2.24, 2.45) is 5.92 Å². The maximum absolute atomic E-state index is 13.0. The summed E-state index contributed by atoms with van der Waals surface area (Å²) in [4.78, 5) is 20.1. The van der Waals surface area contributed by atoms with E-state index < -0.39 is 6.10 Å². The van der Waals surface area contributed by atoms with Crippen molar-refractivity contribution in [1.29, 1.82) is 0 Å². The summed E-state index contributed by atoms with van der Waals surface area (Å²) in [6, 6.07) is 11.4. The third-order valence-electron chi connectivity index (χ3n) is 4.94. The Balaban J connectivity index is 1.46. The molecule has 26 heavy (non-hydrogen) atoms. The standard InChI is InChI=1S/C19H20N4O2S/c24-17(16-6-3-11-26-16)13-7-9-23(10-8-13)19(25)15-5-2-1-4-14(15)18-20-12-21-22-18/h1-6,11-13,17,24H,7-10H2,(H,20,21,22). The Hall–Kier alpha value is -2.51. The Morgan fingerprint density at radius 3 is 2.73 bits per heavy atom. The van der Waals surface area contributed by atoms with Crippen molar-refractivity contribution in [3.8, 4) is 11.4 Å². The summed E-state index contributed by atoms with van der Waals surface area (Å²) in [5, 5.41) is 19.2. The number of aliphatic hydroxyl groups is 1. The molecule has 0 spiro atoms. The van der Waals surface area contributed by atoms with E-state index in [1.165, 1.54) is 6.33 Å². The molecule has 4 rings (SSSR count). The lowest BCUT2D eigenvalue weighted by Gasteiger charge is -2.34. The topological polar surface area (TPSA) is 82.1 Å². The molecule has 2 aromatic heterocycles. The van der Waals surface area contributed by atoms with E-state index in [1.807, 2.05) is 46.7 Å². The third-order valence-corrected chi connectivity index (χ3v) is 5.88. The molecule has 0 aliphatic carbocycles. The second kappa shape index (κ2) is 7.39. The number of aliphatic hydroxyl groups excluding tert-OH is 1. The average Bonchev–Trinajstić information content (AvgIpc) is 3.41. The number of nitrogens with zero attached hydrogens (tertiary/aromatic N) is 3. The fourth-order valence-electron chi connectivity index (χ4n) is 3.49. The summed E-state index contributed by atoms with van der Waals surface area (Å²) in [5.74, 6) is 0.792. The average molecular weight is 368 g/mol. The predicted octanol–water partition coefficient (Wildman–Crippen LogP) is 3.12. The van der Waals surface area contributed by atoms with Crippen molar-refractivity contribution >= 4 is 17.2 Å². The number of hydrogen-bond donors (Lipinski definition) is 2. The minimum absolute atomic E-state index is 0.000985. The number of aromatic nitrogens is 3. The van der Waals surface area contributed by atoms with E-state index in [0.29, 0.717) is 24.5 Å². The van der Waals surface area contributed by atoms with E-state index >= 15 is 0 Å². The Morgan fingerprint density at radius 1 is 1.23 bits per heavy atom. The summed E-state index contributed by atoms with van der Waals surface area (Å²) >= 11 is 1.58. The van der Waals surface area contributed by atoms with Gasteiger partial charge in [-0.1, -0.05) is 24.3 Å². The first-order valence-electron chi connectivity index (χ1n) is 8.69. The first-order valence-corrected chi connectivity index (χ1v) is 9.57. The molecule has 1 aromatic carbocycles. The van der Waals surface area contributed by atoms with Crippen molar-refractivity contribution < 1.29 is 9.90 Å². The molecule has 0 saturated carbocycles. The van der Waals surface area contributed by atoms with Gasteiger partial charge in [-0.25, -0.2) is 4.98 Å². The van der Waals surface area contributed by atoms with Gasteiger partial charge >= 0.3 is 0 Å². The Bertz CT molecular complexity index is 856. The summed E-state index contributed by atoms with van der Waals surface area (Å²) in [7, 11) is 0. The van der Waals surface area contributed by atoms with Gasteiger partial charge in [0.05, 0.1) is 11.7 Å². The van der Waals surface area contributed by atoms with Crippen LogP contribution < -0.4 is 0 Å². The van der Waals surface area contributed by atoms with Crippen molar-refractivity contribution in [3.05, 3.63) is 58.5 Å². The number of hydrogen-bond acceptors (Lipinski definition) is 5. The Kier molecular flexibility index (Phi) is 4.81. The molecule has 1 atom stereocenters. The highest BCUT2D eigenvalue weighted by atomic mass is 32.1. The molecular weight excluding hydrogens is 348 g/mol. The Morgan fingerprint density at radius 2 is 2.04 bits per heavy atom. The molecule has 3 aromatic rings. The normalized spacial score (nSPS) is 16.6. The number of amides is 1. The number of nitrogens with one attached hydrogen (secondary N) is 1. The minimum atomic E-state index is -0.436. The molecule has 1 fully saturated rings. The molecule has 1 aliphatic rings. The van der Waals surface area contributed by atoms with Gasteiger partial charge in [0.25, 0.3) is 5.91 Å². The van der Waals surface area contributed by atoms with Crippen molar-refractivity contribution in [2.75, 3.05) is 13.1 Å². The second-order valence-electron chi connectivity index (χ2n) is 6.47. The van der Waals surface area contributed by atoms with Crippen LogP contribution >= 0.6 is 11.3 Å². The highest BCUT2D eigenvalue weighted by Gasteiger charge is 2.30. The Labute approximate surface area is 155 Å². The van der Waals surface area contributed by atoms with Gasteiger partial charge in [0, 0.05) is 23.5 Å². The monoisotopic (exact) mass is 368 g/mol. The van der Waals surface area contributed by atoms with Gasteiger partial charge < -0.3 is 10.0 Å². The van der Waals surface area contributed by atoms with Crippen LogP contribution in [0.1, 0.15) is 34.2 Å². The maximum atomic E-state index is 13.0. The molecule has 1 aliphatic heterocycles. The minimum Gasteiger partial charge on any atom is -0.387 e. The van der Waals surface area contributed by atoms with Crippen molar-refractivity contribution in [2.45, 2.75) is 18.9 Å². The zero-order valence-corrected chi connectivity index (χ0v) is 15.0. The number of thiophene rings is 1. The molecule has 0 bridgehead atoms. The molecule has 6 nitrogen and oxygen atoms in total. The summed E-state index contributed by atoms with van der Waals surface area (Å²) in [5.41, 5.74) is 1.39. The van der Waals surface area contributed by atoms with Crippen LogP contribution in [-0.2, 0) is 0 Å². The van der Waals surface area contributed by atoms with E-state index in [9.17, 15) is 9.90 Å². The van der Waals surface area contributed by atoms with Gasteiger partial charge in [-0.3, -0.25) is 9.89 Å². The summed E-state index contributed by atoms with van der Waals surface area (Å²) in [6.45, 7) is 1.30. The van der Waals surface area contributed by atoms with Crippen LogP contribution in [0.15, 0.2) is 48.1 Å². The fourth-order valence-corrected chi connectivity index (χ4v) is 4.30. The zero-order chi connectivity index (χ0) is 17.9. The second-order valence-corrected chi connectivity index (χ2v) is 7.45. The van der Waals surface area contributed by atoms with Gasteiger partial charge in [-0.05, 0) is 36.3 Å². The largest absolute Gasteiger partial charge is 0.387 e. The van der Waals surface area contributed by atoms with Crippen LogP contribution in [-0.4, -0.2) is 44.2 Å². The SMILES string of the molecule is O=C(c1ccccc1-c1ncn[nH]1)N1CCC(C(O)c2cccs2)CC1. The molecule has 7 heteroatoms. The molecule has 1 amide bonds. The van der Waals surface area contributed by atoms with Crippen LogP contribution in [0.2, 0.25) is 0 Å². The van der Waals surface area contributed by atoms with E-state index in [-0.39, 0.29) is 11.8 Å². The van der Waals surface area contributed by atoms with Crippen LogP contribution in [0.3, 0.4) is 0 Å². The first kappa shape index (κ1) is 16.9. The van der Waals surface area contributed by atoms with Gasteiger partial charge in [-0.15, -0.1) is 11.3 Å². The van der Waals surface area contributed by atoms with Crippen molar-refractivity contribution in [3.63, 3.8) is 0 Å². The van der Waals surface area contributed by atoms with Crippen LogP contribution in [0.4, 0.5) is 0 Å². The quantitative estimate of drug-likeness (QED) is 0.741. The fraction of sp³-hybridized carbons (Fsp3) is 0.316. The number of aromatic amines is 1. The lowest BCUT2D eigenvalue weighted by atomic mass is 9.90. The van der Waals surface area contributed by atoms with Crippen LogP contribution in [0.5, 0.6) is 0 Å². The van der Waals surface area contributed by atoms with Gasteiger partial charge in [0.1, 0.15) is 6.33 Å². The molecule has 0 radical (unpaired) electrons. The van der Waals surface area contributed by atoms with Gasteiger partial charge in [-0.2, -0.15) is 5.10 Å². The van der Waals surface area contributed by atoms with Gasteiger partial charge in [0.15, 0.2) is 5.82 Å². The predicted molar refractivity (Wildman–Crippen MR) is 99.7 cm³/mol. The number of carbonyl (C=O) groups is 1. The van der Waals surface area contributed by atoms with Gasteiger partial charge in [0.2, 0.25) is 0 Å². The van der Waals surface area contributed by atoms with E-state index in [2.05, 4.69) is 15.2 Å². The molecular formula is C19H20N4O2S. The lowest BCUT2D eigenvalue weighted by molar-refractivity contribution is 0.0474. The van der Waals surface area contributed by atoms with E-state index in [0.717, 1.165) is 23.3 Å². The smallest absolute Gasteiger partial charge is 0.254 e.